The monoisotopic (exact) mass is 290 g/mol. The minimum Gasteiger partial charge on any atom is -0.481 e. The highest BCUT2D eigenvalue weighted by molar-refractivity contribution is 5.95. The van der Waals surface area contributed by atoms with Crippen molar-refractivity contribution in [2.75, 3.05) is 6.61 Å². The van der Waals surface area contributed by atoms with Gasteiger partial charge in [-0.1, -0.05) is 18.2 Å². The molecule has 0 bridgehead atoms. The molecule has 1 N–H and O–H groups in total. The van der Waals surface area contributed by atoms with Gasteiger partial charge in [0.2, 0.25) is 0 Å². The van der Waals surface area contributed by atoms with Crippen LogP contribution in [0.15, 0.2) is 24.3 Å². The maximum atomic E-state index is 11.8. The van der Waals surface area contributed by atoms with E-state index in [1.54, 1.807) is 11.6 Å². The Morgan fingerprint density at radius 2 is 2.05 bits per heavy atom. The number of hydrogen-bond donors (Lipinski definition) is 1. The lowest BCUT2D eigenvalue weighted by Gasteiger charge is -2.09. The van der Waals surface area contributed by atoms with Gasteiger partial charge in [0.1, 0.15) is 0 Å². The fraction of sp³-hybridized carbons (Fsp3) is 0.400. The zero-order valence-electron chi connectivity index (χ0n) is 12.1. The van der Waals surface area contributed by atoms with Crippen molar-refractivity contribution < 1.29 is 19.4 Å². The molecule has 6 heteroatoms. The number of fused-ring (bicyclic) bond motifs is 1. The van der Waals surface area contributed by atoms with E-state index < -0.39 is 17.9 Å². The Kier molecular flexibility index (Phi) is 4.57. The third-order valence-electron chi connectivity index (χ3n) is 3.30. The number of esters is 1. The Balaban J connectivity index is 2.37. The van der Waals surface area contributed by atoms with Gasteiger partial charge in [0.15, 0.2) is 5.92 Å². The van der Waals surface area contributed by atoms with Crippen LogP contribution in [-0.2, 0) is 27.3 Å². The number of ether oxygens (including phenoxy) is 1. The summed E-state index contributed by atoms with van der Waals surface area (Å²) < 4.78 is 6.63. The molecule has 2 rings (SSSR count). The smallest absolute Gasteiger partial charge is 0.320 e. The van der Waals surface area contributed by atoms with Gasteiger partial charge in [-0.2, -0.15) is 5.10 Å². The van der Waals surface area contributed by atoms with E-state index in [2.05, 4.69) is 5.10 Å². The maximum Gasteiger partial charge on any atom is 0.320 e. The second-order valence-electron chi connectivity index (χ2n) is 4.63. The lowest BCUT2D eigenvalue weighted by atomic mass is 10.0. The van der Waals surface area contributed by atoms with Crippen LogP contribution >= 0.6 is 0 Å². The largest absolute Gasteiger partial charge is 0.481 e. The Hall–Kier alpha value is -2.37. The lowest BCUT2D eigenvalue weighted by molar-refractivity contribution is -0.158. The van der Waals surface area contributed by atoms with E-state index >= 15 is 0 Å². The van der Waals surface area contributed by atoms with Gasteiger partial charge in [-0.05, 0) is 19.9 Å². The normalized spacial score (nSPS) is 12.3. The van der Waals surface area contributed by atoms with Crippen molar-refractivity contribution >= 4 is 22.8 Å². The molecule has 0 amide bonds. The molecular formula is C15H18N2O4. The van der Waals surface area contributed by atoms with Crippen molar-refractivity contribution in [3.8, 4) is 0 Å². The first-order chi connectivity index (χ1) is 10.1. The van der Waals surface area contributed by atoms with Crippen molar-refractivity contribution in [2.24, 2.45) is 5.92 Å². The van der Waals surface area contributed by atoms with Crippen molar-refractivity contribution in [1.82, 2.24) is 9.78 Å². The van der Waals surface area contributed by atoms with Crippen LogP contribution in [0.3, 0.4) is 0 Å². The van der Waals surface area contributed by atoms with Gasteiger partial charge < -0.3 is 9.84 Å². The molecule has 0 fully saturated rings. The Morgan fingerprint density at radius 1 is 1.33 bits per heavy atom. The van der Waals surface area contributed by atoms with Crippen molar-refractivity contribution in [1.29, 1.82) is 0 Å². The van der Waals surface area contributed by atoms with E-state index in [0.717, 1.165) is 10.9 Å². The summed E-state index contributed by atoms with van der Waals surface area (Å²) in [6, 6.07) is 7.58. The first-order valence-corrected chi connectivity index (χ1v) is 6.92. The summed E-state index contributed by atoms with van der Waals surface area (Å²) in [7, 11) is 0. The number of aliphatic carboxylic acids is 1. The first-order valence-electron chi connectivity index (χ1n) is 6.92. The van der Waals surface area contributed by atoms with Crippen LogP contribution < -0.4 is 0 Å². The predicted octanol–water partition coefficient (Wildman–Crippen LogP) is 1.86. The number of aryl methyl sites for hydroxylation is 1. The fourth-order valence-corrected chi connectivity index (χ4v) is 2.30. The maximum absolute atomic E-state index is 11.8. The van der Waals surface area contributed by atoms with Crippen LogP contribution in [0, 0.1) is 5.92 Å². The molecule has 0 spiro atoms. The zero-order valence-corrected chi connectivity index (χ0v) is 12.1. The molecule has 1 unspecified atom stereocenters. The molecule has 2 aromatic rings. The first kappa shape index (κ1) is 15.0. The van der Waals surface area contributed by atoms with Crippen molar-refractivity contribution in [3.63, 3.8) is 0 Å². The molecule has 0 aliphatic carbocycles. The van der Waals surface area contributed by atoms with Gasteiger partial charge in [0.25, 0.3) is 0 Å². The summed E-state index contributed by atoms with van der Waals surface area (Å²) in [5, 5.41) is 14.5. The molecule has 0 aliphatic rings. The van der Waals surface area contributed by atoms with Gasteiger partial charge in [-0.15, -0.1) is 0 Å². The highest BCUT2D eigenvalue weighted by atomic mass is 16.5. The molecule has 0 saturated carbocycles. The van der Waals surface area contributed by atoms with Crippen LogP contribution in [0.1, 0.15) is 19.5 Å². The van der Waals surface area contributed by atoms with Gasteiger partial charge in [-0.25, -0.2) is 0 Å². The molecule has 0 saturated heterocycles. The summed E-state index contributed by atoms with van der Waals surface area (Å²) in [5.74, 6) is -3.14. The molecular weight excluding hydrogens is 272 g/mol. The number of para-hydroxylation sites is 1. The number of aromatic nitrogens is 2. The molecule has 1 aromatic heterocycles. The van der Waals surface area contributed by atoms with E-state index in [0.29, 0.717) is 12.2 Å². The summed E-state index contributed by atoms with van der Waals surface area (Å²) in [5.41, 5.74) is 1.54. The average molecular weight is 290 g/mol. The quantitative estimate of drug-likeness (QED) is 0.648. The highest BCUT2D eigenvalue weighted by Crippen LogP contribution is 2.21. The summed E-state index contributed by atoms with van der Waals surface area (Å²) in [6.45, 7) is 4.45. The number of rotatable bonds is 6. The molecule has 1 atom stereocenters. The number of carbonyl (C=O) groups is 2. The molecule has 0 aliphatic heterocycles. The molecule has 0 radical (unpaired) electrons. The third kappa shape index (κ3) is 3.04. The number of nitrogens with zero attached hydrogens (tertiary/aromatic N) is 2. The van der Waals surface area contributed by atoms with Gasteiger partial charge in [0.05, 0.1) is 17.8 Å². The Labute approximate surface area is 122 Å². The fourth-order valence-electron chi connectivity index (χ4n) is 2.30. The number of carboxylic acids is 1. The summed E-state index contributed by atoms with van der Waals surface area (Å²) in [4.78, 5) is 23.1. The second-order valence-corrected chi connectivity index (χ2v) is 4.63. The topological polar surface area (TPSA) is 81.4 Å². The second kappa shape index (κ2) is 6.39. The molecule has 112 valence electrons. The highest BCUT2D eigenvalue weighted by Gasteiger charge is 2.29. The molecule has 1 heterocycles. The molecule has 1 aromatic carbocycles. The lowest BCUT2D eigenvalue weighted by Crippen LogP contribution is -2.28. The van der Waals surface area contributed by atoms with Gasteiger partial charge in [0, 0.05) is 18.4 Å². The van der Waals surface area contributed by atoms with Crippen molar-refractivity contribution in [2.45, 2.75) is 26.8 Å². The number of benzene rings is 1. The van der Waals surface area contributed by atoms with E-state index in [9.17, 15) is 14.7 Å². The number of hydrogen-bond acceptors (Lipinski definition) is 4. The van der Waals surface area contributed by atoms with Crippen LogP contribution in [0.5, 0.6) is 0 Å². The van der Waals surface area contributed by atoms with Crippen LogP contribution in [0.2, 0.25) is 0 Å². The van der Waals surface area contributed by atoms with Crippen molar-refractivity contribution in [3.05, 3.63) is 30.0 Å². The third-order valence-corrected chi connectivity index (χ3v) is 3.30. The SMILES string of the molecule is CCOC(=O)C(Cc1nn(CC)c2ccccc12)C(=O)O. The van der Waals surface area contributed by atoms with E-state index in [1.165, 1.54) is 0 Å². The van der Waals surface area contributed by atoms with E-state index in [1.807, 2.05) is 31.2 Å². The van der Waals surface area contributed by atoms with Crippen LogP contribution in [0.25, 0.3) is 10.9 Å². The average Bonchev–Trinajstić information content (AvgIpc) is 2.82. The summed E-state index contributed by atoms with van der Waals surface area (Å²) >= 11 is 0. The van der Waals surface area contributed by atoms with Crippen LogP contribution in [0.4, 0.5) is 0 Å². The Bertz CT molecular complexity index is 663. The van der Waals surface area contributed by atoms with E-state index in [-0.39, 0.29) is 13.0 Å². The number of carbonyl (C=O) groups excluding carboxylic acids is 1. The molecule has 6 nitrogen and oxygen atoms in total. The zero-order chi connectivity index (χ0) is 15.4. The predicted molar refractivity (Wildman–Crippen MR) is 76.9 cm³/mol. The minimum absolute atomic E-state index is 0.0294. The Morgan fingerprint density at radius 3 is 2.67 bits per heavy atom. The van der Waals surface area contributed by atoms with Gasteiger partial charge in [-0.3, -0.25) is 14.3 Å². The standard InChI is InChI=1S/C15H18N2O4/c1-3-17-13-8-6-5-7-10(13)12(16-17)9-11(14(18)19)15(20)21-4-2/h5-8,11H,3-4,9H2,1-2H3,(H,18,19). The molecule has 21 heavy (non-hydrogen) atoms. The van der Waals surface area contributed by atoms with Gasteiger partial charge >= 0.3 is 11.9 Å². The number of carboxylic acid groups (broad SMARTS) is 1. The summed E-state index contributed by atoms with van der Waals surface area (Å²) in [6.07, 6.45) is 0.0294. The van der Waals surface area contributed by atoms with Crippen LogP contribution in [-0.4, -0.2) is 33.4 Å². The minimum atomic E-state index is -1.23. The van der Waals surface area contributed by atoms with E-state index in [4.69, 9.17) is 4.74 Å².